The molecule has 0 atom stereocenters. The number of aromatic nitrogens is 1. The average Bonchev–Trinajstić information content (AvgIpc) is 2.86. The predicted molar refractivity (Wildman–Crippen MR) is 99.9 cm³/mol. The molecule has 1 heteroatoms. The fourth-order valence-electron chi connectivity index (χ4n) is 2.58. The zero-order valence-corrected chi connectivity index (χ0v) is 13.0. The third kappa shape index (κ3) is 2.79. The summed E-state index contributed by atoms with van der Waals surface area (Å²) >= 11 is 0. The zero-order valence-electron chi connectivity index (χ0n) is 13.0. The van der Waals surface area contributed by atoms with Crippen molar-refractivity contribution < 1.29 is 0 Å². The summed E-state index contributed by atoms with van der Waals surface area (Å²) in [6.07, 6.45) is 13.7. The first-order valence-electron chi connectivity index (χ1n) is 7.29. The van der Waals surface area contributed by atoms with Crippen LogP contribution in [0.25, 0.3) is 30.0 Å². The summed E-state index contributed by atoms with van der Waals surface area (Å²) in [7, 11) is 0. The van der Waals surface area contributed by atoms with Gasteiger partial charge >= 0.3 is 0 Å². The van der Waals surface area contributed by atoms with Gasteiger partial charge in [-0.05, 0) is 31.2 Å². The largest absolute Gasteiger partial charge is 0.309 e. The van der Waals surface area contributed by atoms with E-state index in [1.54, 1.807) is 6.08 Å². The van der Waals surface area contributed by atoms with Crippen LogP contribution in [0.5, 0.6) is 0 Å². The Morgan fingerprint density at radius 1 is 0.864 bits per heavy atom. The predicted octanol–water partition coefficient (Wildman–Crippen LogP) is 6.00. The van der Waals surface area contributed by atoms with Gasteiger partial charge in [-0.3, -0.25) is 0 Å². The molecule has 1 heterocycles. The van der Waals surface area contributed by atoms with E-state index in [-0.39, 0.29) is 0 Å². The number of hydrogen-bond acceptors (Lipinski definition) is 0. The summed E-state index contributed by atoms with van der Waals surface area (Å²) in [4.78, 5) is 0. The fraction of sp³-hybridized carbons (Fsp3) is 0.0476. The topological polar surface area (TPSA) is 4.93 Å². The molecule has 22 heavy (non-hydrogen) atoms. The molecule has 0 amide bonds. The minimum absolute atomic E-state index is 1.06. The molecule has 0 unspecified atom stereocenters. The second-order valence-corrected chi connectivity index (χ2v) is 4.77. The fourth-order valence-corrected chi connectivity index (χ4v) is 2.58. The van der Waals surface area contributed by atoms with Gasteiger partial charge in [0.25, 0.3) is 0 Å². The van der Waals surface area contributed by atoms with Gasteiger partial charge in [-0.25, -0.2) is 0 Å². The quantitative estimate of drug-likeness (QED) is 0.575. The number of nitrogens with zero attached hydrogens (tertiary/aromatic N) is 1. The Balaban J connectivity index is 2.89. The molecule has 0 aliphatic rings. The van der Waals surface area contributed by atoms with Crippen molar-refractivity contribution in [2.24, 2.45) is 0 Å². The van der Waals surface area contributed by atoms with Gasteiger partial charge in [0.15, 0.2) is 0 Å². The molecular weight excluding hydrogens is 266 g/mol. The van der Waals surface area contributed by atoms with E-state index in [1.165, 1.54) is 0 Å². The molecule has 0 spiro atoms. The van der Waals surface area contributed by atoms with Crippen molar-refractivity contribution in [1.82, 2.24) is 4.57 Å². The molecule has 0 aliphatic heterocycles. The third-order valence-electron chi connectivity index (χ3n) is 3.46. The van der Waals surface area contributed by atoms with Gasteiger partial charge in [0, 0.05) is 16.8 Å². The standard InChI is InChI=1S/C21H21N/c1-5-9-16-21-18(7-3)19(13-6-2)20(8-4)22(21)17-14-11-10-12-15-17/h5-16H,1,3-4H2,2H3/b13-6-,16-9-. The van der Waals surface area contributed by atoms with Crippen molar-refractivity contribution >= 4 is 24.3 Å². The van der Waals surface area contributed by atoms with Crippen molar-refractivity contribution in [3.8, 4) is 5.69 Å². The van der Waals surface area contributed by atoms with Crippen LogP contribution in [0.3, 0.4) is 0 Å². The van der Waals surface area contributed by atoms with Gasteiger partial charge in [-0.1, -0.05) is 68.3 Å². The van der Waals surface area contributed by atoms with Crippen molar-refractivity contribution in [1.29, 1.82) is 0 Å². The Morgan fingerprint density at radius 2 is 1.59 bits per heavy atom. The van der Waals surface area contributed by atoms with Gasteiger partial charge in [0.1, 0.15) is 0 Å². The minimum Gasteiger partial charge on any atom is -0.309 e. The summed E-state index contributed by atoms with van der Waals surface area (Å²) in [5.41, 5.74) is 5.45. The lowest BCUT2D eigenvalue weighted by Gasteiger charge is -2.10. The second-order valence-electron chi connectivity index (χ2n) is 4.77. The molecule has 0 radical (unpaired) electrons. The van der Waals surface area contributed by atoms with Crippen LogP contribution in [0.15, 0.2) is 68.3 Å². The molecule has 0 saturated carbocycles. The number of rotatable bonds is 6. The van der Waals surface area contributed by atoms with Gasteiger partial charge < -0.3 is 4.57 Å². The molecule has 0 fully saturated rings. The highest BCUT2D eigenvalue weighted by Crippen LogP contribution is 2.31. The first-order chi connectivity index (χ1) is 10.8. The van der Waals surface area contributed by atoms with Crippen LogP contribution in [0.2, 0.25) is 0 Å². The highest BCUT2D eigenvalue weighted by Gasteiger charge is 2.16. The van der Waals surface area contributed by atoms with E-state index < -0.39 is 0 Å². The number of hydrogen-bond donors (Lipinski definition) is 0. The molecule has 1 nitrogen and oxygen atoms in total. The number of para-hydroxylation sites is 1. The first kappa shape index (κ1) is 15.6. The van der Waals surface area contributed by atoms with E-state index in [0.717, 1.165) is 28.2 Å². The van der Waals surface area contributed by atoms with E-state index in [2.05, 4.69) is 48.6 Å². The first-order valence-corrected chi connectivity index (χ1v) is 7.29. The van der Waals surface area contributed by atoms with Gasteiger partial charge in [-0.15, -0.1) is 0 Å². The molecule has 2 rings (SSSR count). The van der Waals surface area contributed by atoms with Crippen LogP contribution in [0, 0.1) is 0 Å². The van der Waals surface area contributed by atoms with Gasteiger partial charge in [-0.2, -0.15) is 0 Å². The Hall–Kier alpha value is -2.80. The van der Waals surface area contributed by atoms with Crippen LogP contribution >= 0.6 is 0 Å². The van der Waals surface area contributed by atoms with Crippen molar-refractivity contribution in [2.45, 2.75) is 6.92 Å². The van der Waals surface area contributed by atoms with Crippen LogP contribution in [-0.4, -0.2) is 4.57 Å². The summed E-state index contributed by atoms with van der Waals surface area (Å²) in [5, 5.41) is 0. The molecule has 1 aromatic carbocycles. The smallest absolute Gasteiger partial charge is 0.0540 e. The van der Waals surface area contributed by atoms with Gasteiger partial charge in [0.2, 0.25) is 0 Å². The summed E-state index contributed by atoms with van der Waals surface area (Å²) in [6, 6.07) is 10.3. The molecule has 110 valence electrons. The summed E-state index contributed by atoms with van der Waals surface area (Å²) < 4.78 is 2.19. The van der Waals surface area contributed by atoms with Crippen molar-refractivity contribution in [2.75, 3.05) is 0 Å². The Kier molecular flexibility index (Phi) is 5.16. The Labute approximate surface area is 132 Å². The normalized spacial score (nSPS) is 11.1. The average molecular weight is 287 g/mol. The maximum absolute atomic E-state index is 4.00. The highest BCUT2D eigenvalue weighted by atomic mass is 15.0. The van der Waals surface area contributed by atoms with Crippen molar-refractivity contribution in [3.63, 3.8) is 0 Å². The molecular formula is C21H21N. The van der Waals surface area contributed by atoms with Crippen LogP contribution < -0.4 is 0 Å². The third-order valence-corrected chi connectivity index (χ3v) is 3.46. The minimum atomic E-state index is 1.06. The van der Waals surface area contributed by atoms with E-state index in [9.17, 15) is 0 Å². The maximum Gasteiger partial charge on any atom is 0.0540 e. The second kappa shape index (κ2) is 7.28. The molecule has 0 saturated heterocycles. The lowest BCUT2D eigenvalue weighted by Crippen LogP contribution is -1.99. The van der Waals surface area contributed by atoms with Crippen molar-refractivity contribution in [3.05, 3.63) is 90.8 Å². The van der Waals surface area contributed by atoms with Crippen LogP contribution in [-0.2, 0) is 0 Å². The van der Waals surface area contributed by atoms with E-state index in [1.807, 2.05) is 49.4 Å². The highest BCUT2D eigenvalue weighted by molar-refractivity contribution is 5.80. The molecule has 0 bridgehead atoms. The van der Waals surface area contributed by atoms with E-state index in [4.69, 9.17) is 0 Å². The molecule has 1 aromatic heterocycles. The lowest BCUT2D eigenvalue weighted by atomic mass is 10.1. The van der Waals surface area contributed by atoms with E-state index in [0.29, 0.717) is 0 Å². The van der Waals surface area contributed by atoms with E-state index >= 15 is 0 Å². The lowest BCUT2D eigenvalue weighted by molar-refractivity contribution is 1.04. The number of allylic oxidation sites excluding steroid dienone is 3. The zero-order chi connectivity index (χ0) is 15.9. The van der Waals surface area contributed by atoms with Crippen LogP contribution in [0.1, 0.15) is 29.4 Å². The summed E-state index contributed by atoms with van der Waals surface area (Å²) in [6.45, 7) is 13.8. The molecule has 2 aromatic rings. The SMILES string of the molecule is C=C/C=C\c1c(C=C)c(/C=C\C)c(C=C)n1-c1ccccc1. The van der Waals surface area contributed by atoms with Gasteiger partial charge in [0.05, 0.1) is 11.4 Å². The monoisotopic (exact) mass is 287 g/mol. The molecule has 0 N–H and O–H groups in total. The van der Waals surface area contributed by atoms with Crippen LogP contribution in [0.4, 0.5) is 0 Å². The number of benzene rings is 1. The Morgan fingerprint density at radius 3 is 2.14 bits per heavy atom. The molecule has 0 aliphatic carbocycles. The summed E-state index contributed by atoms with van der Waals surface area (Å²) in [5.74, 6) is 0. The Bertz CT molecular complexity index is 740. The maximum atomic E-state index is 4.00.